The van der Waals surface area contributed by atoms with Gasteiger partial charge in [-0.15, -0.1) is 11.6 Å². The second kappa shape index (κ2) is 6.46. The molecule has 5 heteroatoms. The van der Waals surface area contributed by atoms with Crippen LogP contribution in [0.25, 0.3) is 11.0 Å². The summed E-state index contributed by atoms with van der Waals surface area (Å²) in [5, 5.41) is 0. The molecule has 1 heterocycles. The Morgan fingerprint density at radius 2 is 2.25 bits per heavy atom. The third-order valence-electron chi connectivity index (χ3n) is 3.62. The van der Waals surface area contributed by atoms with Crippen LogP contribution in [0.2, 0.25) is 0 Å². The van der Waals surface area contributed by atoms with E-state index in [1.165, 1.54) is 12.8 Å². The maximum Gasteiger partial charge on any atom is 0.111 e. The number of hydrogen-bond acceptors (Lipinski definition) is 2. The van der Waals surface area contributed by atoms with Crippen LogP contribution in [0.5, 0.6) is 0 Å². The maximum atomic E-state index is 5.88. The minimum atomic E-state index is 0.591. The van der Waals surface area contributed by atoms with Crippen molar-refractivity contribution in [2.75, 3.05) is 19.1 Å². The van der Waals surface area contributed by atoms with E-state index in [4.69, 9.17) is 16.3 Å². The van der Waals surface area contributed by atoms with Crippen LogP contribution >= 0.6 is 27.5 Å². The Bertz CT molecular complexity index is 595. The van der Waals surface area contributed by atoms with E-state index in [0.717, 1.165) is 53.4 Å². The number of alkyl halides is 1. The molecule has 3 rings (SSSR count). The van der Waals surface area contributed by atoms with E-state index in [1.54, 1.807) is 0 Å². The van der Waals surface area contributed by atoms with E-state index in [-0.39, 0.29) is 0 Å². The molecule has 1 aromatic carbocycles. The second-order valence-electron chi connectivity index (χ2n) is 5.27. The lowest BCUT2D eigenvalue weighted by atomic mass is 10.3. The SMILES string of the molecule is ClCCc1nc2ccc(Br)cc2n1CCOCC1CC1. The van der Waals surface area contributed by atoms with Crippen molar-refractivity contribution in [3.63, 3.8) is 0 Å². The average molecular weight is 358 g/mol. The molecule has 0 unspecified atom stereocenters. The summed E-state index contributed by atoms with van der Waals surface area (Å²) >= 11 is 9.41. The molecule has 3 nitrogen and oxygen atoms in total. The third kappa shape index (κ3) is 3.35. The molecule has 1 aliphatic rings. The molecule has 0 saturated heterocycles. The lowest BCUT2D eigenvalue weighted by Crippen LogP contribution is -2.11. The summed E-state index contributed by atoms with van der Waals surface area (Å²) in [7, 11) is 0. The molecule has 0 amide bonds. The van der Waals surface area contributed by atoms with E-state index in [9.17, 15) is 0 Å². The van der Waals surface area contributed by atoms with Crippen LogP contribution in [0.4, 0.5) is 0 Å². The van der Waals surface area contributed by atoms with Crippen molar-refractivity contribution in [2.24, 2.45) is 5.92 Å². The van der Waals surface area contributed by atoms with Gasteiger partial charge in [0.1, 0.15) is 5.82 Å². The van der Waals surface area contributed by atoms with Crippen LogP contribution < -0.4 is 0 Å². The number of halogens is 2. The van der Waals surface area contributed by atoms with Crippen molar-refractivity contribution in [1.29, 1.82) is 0 Å². The van der Waals surface area contributed by atoms with Gasteiger partial charge in [0.15, 0.2) is 0 Å². The average Bonchev–Trinajstić information content (AvgIpc) is 3.19. The van der Waals surface area contributed by atoms with Gasteiger partial charge in [0.2, 0.25) is 0 Å². The molecule has 0 aliphatic heterocycles. The van der Waals surface area contributed by atoms with Gasteiger partial charge in [0.05, 0.1) is 17.6 Å². The van der Waals surface area contributed by atoms with E-state index in [1.807, 2.05) is 12.1 Å². The Morgan fingerprint density at radius 1 is 1.40 bits per heavy atom. The highest BCUT2D eigenvalue weighted by Gasteiger charge is 2.21. The molecule has 1 saturated carbocycles. The molecule has 0 bridgehead atoms. The summed E-state index contributed by atoms with van der Waals surface area (Å²) in [5.41, 5.74) is 2.17. The van der Waals surface area contributed by atoms with E-state index in [2.05, 4.69) is 31.5 Å². The zero-order valence-corrected chi connectivity index (χ0v) is 13.7. The molecular formula is C15H18BrClN2O. The summed E-state index contributed by atoms with van der Waals surface area (Å²) in [6.45, 7) is 2.48. The number of aryl methyl sites for hydroxylation is 1. The van der Waals surface area contributed by atoms with Crippen LogP contribution in [0.1, 0.15) is 18.7 Å². The highest BCUT2D eigenvalue weighted by atomic mass is 79.9. The Morgan fingerprint density at radius 3 is 3.00 bits per heavy atom. The zero-order valence-electron chi connectivity index (χ0n) is 11.3. The van der Waals surface area contributed by atoms with E-state index < -0.39 is 0 Å². The predicted octanol–water partition coefficient (Wildman–Crippen LogP) is 4.01. The number of nitrogens with zero attached hydrogens (tertiary/aromatic N) is 2. The number of fused-ring (bicyclic) bond motifs is 1. The van der Waals surface area contributed by atoms with Gasteiger partial charge in [-0.25, -0.2) is 4.98 Å². The molecule has 0 radical (unpaired) electrons. The van der Waals surface area contributed by atoms with Crippen LogP contribution in [0, 0.1) is 5.92 Å². The first kappa shape index (κ1) is 14.4. The molecule has 0 N–H and O–H groups in total. The number of imidazole rings is 1. The minimum absolute atomic E-state index is 0.591. The first-order valence-electron chi connectivity index (χ1n) is 7.06. The zero-order chi connectivity index (χ0) is 13.9. The topological polar surface area (TPSA) is 27.1 Å². The number of hydrogen-bond donors (Lipinski definition) is 0. The van der Waals surface area contributed by atoms with Gasteiger partial charge in [-0.1, -0.05) is 15.9 Å². The molecule has 20 heavy (non-hydrogen) atoms. The molecule has 2 aromatic rings. The van der Waals surface area contributed by atoms with Crippen molar-refractivity contribution in [2.45, 2.75) is 25.8 Å². The molecule has 1 fully saturated rings. The van der Waals surface area contributed by atoms with Gasteiger partial charge >= 0.3 is 0 Å². The van der Waals surface area contributed by atoms with Crippen LogP contribution in [-0.2, 0) is 17.7 Å². The second-order valence-corrected chi connectivity index (χ2v) is 6.56. The van der Waals surface area contributed by atoms with Gasteiger partial charge in [0.25, 0.3) is 0 Å². The Labute approximate surface area is 132 Å². The standard InChI is InChI=1S/C15H18BrClN2O/c16-12-3-4-13-14(9-12)19(15(18-13)5-6-17)7-8-20-10-11-1-2-11/h3-4,9,11H,1-2,5-8,10H2. The monoisotopic (exact) mass is 356 g/mol. The molecule has 0 atom stereocenters. The molecule has 0 spiro atoms. The minimum Gasteiger partial charge on any atom is -0.379 e. The third-order valence-corrected chi connectivity index (χ3v) is 4.30. The number of rotatable bonds is 7. The van der Waals surface area contributed by atoms with E-state index in [0.29, 0.717) is 5.88 Å². The smallest absolute Gasteiger partial charge is 0.111 e. The van der Waals surface area contributed by atoms with Gasteiger partial charge in [-0.05, 0) is 37.0 Å². The van der Waals surface area contributed by atoms with Crippen molar-refractivity contribution in [3.05, 3.63) is 28.5 Å². The fraction of sp³-hybridized carbons (Fsp3) is 0.533. The first-order valence-corrected chi connectivity index (χ1v) is 8.39. The van der Waals surface area contributed by atoms with Crippen LogP contribution in [0.3, 0.4) is 0 Å². The van der Waals surface area contributed by atoms with Crippen LogP contribution in [0.15, 0.2) is 22.7 Å². The normalized spacial score (nSPS) is 15.1. The number of ether oxygens (including phenoxy) is 1. The van der Waals surface area contributed by atoms with Crippen LogP contribution in [-0.4, -0.2) is 28.6 Å². The summed E-state index contributed by atoms with van der Waals surface area (Å²) in [6, 6.07) is 6.17. The van der Waals surface area contributed by atoms with Crippen molar-refractivity contribution >= 4 is 38.6 Å². The lowest BCUT2D eigenvalue weighted by molar-refractivity contribution is 0.117. The quantitative estimate of drug-likeness (QED) is 0.553. The molecule has 1 aromatic heterocycles. The van der Waals surface area contributed by atoms with E-state index >= 15 is 0 Å². The first-order chi connectivity index (χ1) is 9.78. The lowest BCUT2D eigenvalue weighted by Gasteiger charge is -2.09. The van der Waals surface area contributed by atoms with Gasteiger partial charge in [0, 0.05) is 29.9 Å². The van der Waals surface area contributed by atoms with Crippen molar-refractivity contribution in [1.82, 2.24) is 9.55 Å². The van der Waals surface area contributed by atoms with Gasteiger partial charge in [-0.2, -0.15) is 0 Å². The highest BCUT2D eigenvalue weighted by molar-refractivity contribution is 9.10. The Kier molecular flexibility index (Phi) is 4.64. The Hall–Kier alpha value is -0.580. The van der Waals surface area contributed by atoms with Gasteiger partial charge < -0.3 is 9.30 Å². The molecular weight excluding hydrogens is 340 g/mol. The van der Waals surface area contributed by atoms with Crippen molar-refractivity contribution < 1.29 is 4.74 Å². The largest absolute Gasteiger partial charge is 0.379 e. The molecule has 1 aliphatic carbocycles. The van der Waals surface area contributed by atoms with Gasteiger partial charge in [-0.3, -0.25) is 0 Å². The van der Waals surface area contributed by atoms with Crippen molar-refractivity contribution in [3.8, 4) is 0 Å². The number of aromatic nitrogens is 2. The fourth-order valence-electron chi connectivity index (χ4n) is 2.36. The highest BCUT2D eigenvalue weighted by Crippen LogP contribution is 2.28. The summed E-state index contributed by atoms with van der Waals surface area (Å²) in [5.74, 6) is 2.45. The summed E-state index contributed by atoms with van der Waals surface area (Å²) < 4.78 is 9.05. The fourth-order valence-corrected chi connectivity index (χ4v) is 2.88. The maximum absolute atomic E-state index is 5.88. The summed E-state index contributed by atoms with van der Waals surface area (Å²) in [4.78, 5) is 4.67. The summed E-state index contributed by atoms with van der Waals surface area (Å²) in [6.07, 6.45) is 3.45. The Balaban J connectivity index is 1.77. The number of benzene rings is 1. The molecule has 108 valence electrons. The predicted molar refractivity (Wildman–Crippen MR) is 85.4 cm³/mol.